The van der Waals surface area contributed by atoms with Crippen LogP contribution in [0.2, 0.25) is 0 Å². The lowest BCUT2D eigenvalue weighted by Crippen LogP contribution is -2.56. The number of hydrogen-bond donors (Lipinski definition) is 0. The highest BCUT2D eigenvalue weighted by Gasteiger charge is 2.44. The first-order valence-corrected chi connectivity index (χ1v) is 13.3. The number of amides is 1. The van der Waals surface area contributed by atoms with Crippen molar-refractivity contribution in [1.29, 1.82) is 0 Å². The highest BCUT2D eigenvalue weighted by atomic mass is 16.6. The van der Waals surface area contributed by atoms with Crippen molar-refractivity contribution in [3.63, 3.8) is 0 Å². The summed E-state index contributed by atoms with van der Waals surface area (Å²) in [4.78, 5) is 28.4. The first kappa shape index (κ1) is 21.9. The molecule has 2 aromatic carbocycles. The summed E-state index contributed by atoms with van der Waals surface area (Å²) in [5.41, 5.74) is 4.98. The molecule has 1 amide bonds. The summed E-state index contributed by atoms with van der Waals surface area (Å²) in [6, 6.07) is 17.2. The van der Waals surface area contributed by atoms with E-state index >= 15 is 0 Å². The minimum Gasteiger partial charge on any atom is -0.448 e. The standard InChI is InChI=1S/C30H35NO3/c32-29(16-20-8-1-2-9-20)21-17-22-10-7-11-23(18-21)31(22)30(33)34-19-28-26-14-5-3-12-24(26)25-13-4-6-15-27(25)28/h3-6,12-15,20-23,28H,1-2,7-11,16-19H2. The van der Waals surface area contributed by atoms with Crippen molar-refractivity contribution in [3.05, 3.63) is 59.7 Å². The van der Waals surface area contributed by atoms with Crippen LogP contribution in [-0.4, -0.2) is 35.5 Å². The zero-order valence-corrected chi connectivity index (χ0v) is 20.0. The number of fused-ring (bicyclic) bond motifs is 5. The van der Waals surface area contributed by atoms with Gasteiger partial charge < -0.3 is 9.64 Å². The molecule has 2 aromatic rings. The van der Waals surface area contributed by atoms with E-state index in [4.69, 9.17) is 4.74 Å². The molecular weight excluding hydrogens is 422 g/mol. The van der Waals surface area contributed by atoms with Gasteiger partial charge in [-0.3, -0.25) is 4.79 Å². The summed E-state index contributed by atoms with van der Waals surface area (Å²) < 4.78 is 6.02. The third-order valence-corrected chi connectivity index (χ3v) is 8.94. The molecule has 1 saturated carbocycles. The number of nitrogens with zero attached hydrogens (tertiary/aromatic N) is 1. The smallest absolute Gasteiger partial charge is 0.410 e. The Bertz CT molecular complexity index is 1010. The molecule has 2 aliphatic heterocycles. The van der Waals surface area contributed by atoms with Crippen molar-refractivity contribution in [2.45, 2.75) is 82.2 Å². The molecule has 0 radical (unpaired) electrons. The number of rotatable bonds is 5. The van der Waals surface area contributed by atoms with Crippen molar-refractivity contribution in [2.24, 2.45) is 11.8 Å². The Labute approximate surface area is 202 Å². The Kier molecular flexibility index (Phi) is 5.92. The van der Waals surface area contributed by atoms with Gasteiger partial charge in [0.1, 0.15) is 12.4 Å². The van der Waals surface area contributed by atoms with Gasteiger partial charge in [0.15, 0.2) is 0 Å². The molecular formula is C30H35NO3. The molecule has 4 aliphatic rings. The van der Waals surface area contributed by atoms with Gasteiger partial charge >= 0.3 is 6.09 Å². The van der Waals surface area contributed by atoms with Crippen molar-refractivity contribution in [3.8, 4) is 11.1 Å². The number of carbonyl (C=O) groups excluding carboxylic acids is 2. The number of piperidine rings is 2. The van der Waals surface area contributed by atoms with Crippen LogP contribution in [0.25, 0.3) is 11.1 Å². The third-order valence-electron chi connectivity index (χ3n) is 8.94. The summed E-state index contributed by atoms with van der Waals surface area (Å²) >= 11 is 0. The number of ketones is 1. The maximum Gasteiger partial charge on any atom is 0.410 e. The lowest BCUT2D eigenvalue weighted by molar-refractivity contribution is -0.127. The van der Waals surface area contributed by atoms with Gasteiger partial charge in [-0.25, -0.2) is 4.79 Å². The SMILES string of the molecule is O=C(CC1CCCC1)C1CC2CCCC(C1)N2C(=O)OCC1c2ccccc2-c2ccccc21. The highest BCUT2D eigenvalue weighted by Crippen LogP contribution is 2.45. The minimum atomic E-state index is -0.182. The fourth-order valence-electron chi connectivity index (χ4n) is 7.28. The van der Waals surface area contributed by atoms with Gasteiger partial charge in [0.05, 0.1) is 0 Å². The van der Waals surface area contributed by atoms with Gasteiger partial charge in [-0.2, -0.15) is 0 Å². The van der Waals surface area contributed by atoms with Crippen LogP contribution >= 0.6 is 0 Å². The number of hydrogen-bond acceptors (Lipinski definition) is 3. The molecule has 2 bridgehead atoms. The lowest BCUT2D eigenvalue weighted by atomic mass is 9.75. The molecule has 4 nitrogen and oxygen atoms in total. The maximum atomic E-state index is 13.4. The van der Waals surface area contributed by atoms with Gasteiger partial charge in [-0.1, -0.05) is 74.2 Å². The fraction of sp³-hybridized carbons (Fsp3) is 0.533. The average Bonchev–Trinajstić information content (AvgIpc) is 3.47. The molecule has 2 heterocycles. The Morgan fingerprint density at radius 2 is 1.38 bits per heavy atom. The average molecular weight is 458 g/mol. The van der Waals surface area contributed by atoms with E-state index in [1.165, 1.54) is 47.9 Å². The van der Waals surface area contributed by atoms with Crippen LogP contribution in [0.5, 0.6) is 0 Å². The highest BCUT2D eigenvalue weighted by molar-refractivity contribution is 5.82. The van der Waals surface area contributed by atoms with Crippen molar-refractivity contribution in [1.82, 2.24) is 4.90 Å². The second-order valence-electron chi connectivity index (χ2n) is 10.9. The van der Waals surface area contributed by atoms with Crippen LogP contribution in [0.3, 0.4) is 0 Å². The fourth-order valence-corrected chi connectivity index (χ4v) is 7.28. The maximum absolute atomic E-state index is 13.4. The van der Waals surface area contributed by atoms with E-state index in [0.29, 0.717) is 18.3 Å². The molecule has 6 rings (SSSR count). The number of Topliss-reactive ketones (excluding diaryl/α,β-unsaturated/α-hetero) is 1. The normalized spacial score (nSPS) is 26.2. The van der Waals surface area contributed by atoms with Crippen molar-refractivity contribution >= 4 is 11.9 Å². The quantitative estimate of drug-likeness (QED) is 0.501. The van der Waals surface area contributed by atoms with Gasteiger partial charge in [-0.15, -0.1) is 0 Å². The van der Waals surface area contributed by atoms with Gasteiger partial charge in [0.25, 0.3) is 0 Å². The molecule has 2 aliphatic carbocycles. The second-order valence-corrected chi connectivity index (χ2v) is 10.9. The minimum absolute atomic E-state index is 0.0849. The second kappa shape index (κ2) is 9.20. The van der Waals surface area contributed by atoms with E-state index in [1.54, 1.807) is 0 Å². The molecule has 3 fully saturated rings. The van der Waals surface area contributed by atoms with E-state index in [9.17, 15) is 9.59 Å². The number of carbonyl (C=O) groups is 2. The Balaban J connectivity index is 1.13. The van der Waals surface area contributed by atoms with Crippen molar-refractivity contribution in [2.75, 3.05) is 6.61 Å². The summed E-state index contributed by atoms with van der Waals surface area (Å²) in [6.45, 7) is 0.368. The van der Waals surface area contributed by atoms with Crippen LogP contribution in [0.1, 0.15) is 81.3 Å². The molecule has 178 valence electrons. The van der Waals surface area contributed by atoms with E-state index < -0.39 is 0 Å². The molecule has 4 heteroatoms. The van der Waals surface area contributed by atoms with E-state index in [-0.39, 0.29) is 30.0 Å². The lowest BCUT2D eigenvalue weighted by Gasteiger charge is -2.47. The van der Waals surface area contributed by atoms with Crippen LogP contribution in [0, 0.1) is 11.8 Å². The van der Waals surface area contributed by atoms with Crippen LogP contribution < -0.4 is 0 Å². The largest absolute Gasteiger partial charge is 0.448 e. The zero-order valence-electron chi connectivity index (χ0n) is 20.0. The van der Waals surface area contributed by atoms with Crippen LogP contribution in [0.4, 0.5) is 4.79 Å². The molecule has 0 aromatic heterocycles. The summed E-state index contributed by atoms with van der Waals surface area (Å²) in [7, 11) is 0. The zero-order chi connectivity index (χ0) is 23.1. The van der Waals surface area contributed by atoms with Gasteiger partial charge in [-0.05, 0) is 60.3 Å². The van der Waals surface area contributed by atoms with Crippen molar-refractivity contribution < 1.29 is 14.3 Å². The Morgan fingerprint density at radius 1 is 0.794 bits per heavy atom. The summed E-state index contributed by atoms with van der Waals surface area (Å²) in [5.74, 6) is 1.28. The molecule has 34 heavy (non-hydrogen) atoms. The van der Waals surface area contributed by atoms with Gasteiger partial charge in [0, 0.05) is 30.3 Å². The van der Waals surface area contributed by atoms with Gasteiger partial charge in [0.2, 0.25) is 0 Å². The number of ether oxygens (including phenoxy) is 1. The summed E-state index contributed by atoms with van der Waals surface area (Å²) in [6.07, 6.45) is 10.4. The Morgan fingerprint density at radius 3 is 2.00 bits per heavy atom. The topological polar surface area (TPSA) is 46.6 Å². The van der Waals surface area contributed by atoms with Crippen LogP contribution in [-0.2, 0) is 9.53 Å². The molecule has 2 unspecified atom stereocenters. The monoisotopic (exact) mass is 457 g/mol. The third kappa shape index (κ3) is 3.95. The predicted molar refractivity (Wildman–Crippen MR) is 133 cm³/mol. The molecule has 0 spiro atoms. The van der Waals surface area contributed by atoms with E-state index in [2.05, 4.69) is 48.5 Å². The van der Waals surface area contributed by atoms with Crippen LogP contribution in [0.15, 0.2) is 48.5 Å². The Hall–Kier alpha value is -2.62. The molecule has 0 N–H and O–H groups in total. The first-order valence-electron chi connectivity index (χ1n) is 13.3. The number of benzene rings is 2. The predicted octanol–water partition coefficient (Wildman–Crippen LogP) is 6.72. The summed E-state index contributed by atoms with van der Waals surface area (Å²) in [5, 5.41) is 0. The van der Waals surface area contributed by atoms with E-state index in [1.807, 2.05) is 4.90 Å². The van der Waals surface area contributed by atoms with E-state index in [0.717, 1.165) is 38.5 Å². The molecule has 2 atom stereocenters. The first-order chi connectivity index (χ1) is 16.7. The molecule has 2 saturated heterocycles.